The number of hydrogen-bond acceptors (Lipinski definition) is 3. The predicted molar refractivity (Wildman–Crippen MR) is 56.5 cm³/mol. The summed E-state index contributed by atoms with van der Waals surface area (Å²) in [6, 6.07) is 1.99. The lowest BCUT2D eigenvalue weighted by Gasteiger charge is -2.16. The fourth-order valence-electron chi connectivity index (χ4n) is 2.04. The Morgan fingerprint density at radius 2 is 2.53 bits per heavy atom. The van der Waals surface area contributed by atoms with Gasteiger partial charge in [-0.15, -0.1) is 0 Å². The van der Waals surface area contributed by atoms with Crippen molar-refractivity contribution in [1.29, 1.82) is 0 Å². The first kappa shape index (κ1) is 10.6. The van der Waals surface area contributed by atoms with Crippen LogP contribution in [0.1, 0.15) is 30.8 Å². The lowest BCUT2D eigenvalue weighted by molar-refractivity contribution is 0.0854. The molecule has 2 rings (SSSR count). The zero-order valence-electron chi connectivity index (χ0n) is 9.31. The molecule has 15 heavy (non-hydrogen) atoms. The predicted octanol–water partition coefficient (Wildman–Crippen LogP) is 1.05. The van der Waals surface area contributed by atoms with Crippen molar-refractivity contribution in [2.24, 2.45) is 13.0 Å². The number of nitrogens with zero attached hydrogens (tertiary/aromatic N) is 2. The molecule has 0 aromatic carbocycles. The van der Waals surface area contributed by atoms with Crippen LogP contribution in [-0.4, -0.2) is 28.1 Å². The highest BCUT2D eigenvalue weighted by Crippen LogP contribution is 2.28. The molecule has 2 atom stereocenters. The highest BCUT2D eigenvalue weighted by Gasteiger charge is 2.27. The zero-order valence-corrected chi connectivity index (χ0v) is 9.31. The fourth-order valence-corrected chi connectivity index (χ4v) is 2.04. The van der Waals surface area contributed by atoms with Crippen LogP contribution in [-0.2, 0) is 18.2 Å². The molecule has 0 spiro atoms. The Morgan fingerprint density at radius 3 is 3.07 bits per heavy atom. The number of aliphatic hydroxyl groups is 1. The van der Waals surface area contributed by atoms with Crippen molar-refractivity contribution in [3.63, 3.8) is 0 Å². The van der Waals surface area contributed by atoms with Gasteiger partial charge in [0.2, 0.25) is 0 Å². The van der Waals surface area contributed by atoms with Crippen LogP contribution >= 0.6 is 0 Å². The normalized spacial score (nSPS) is 23.3. The lowest BCUT2D eigenvalue weighted by Crippen LogP contribution is -2.15. The third-order valence-corrected chi connectivity index (χ3v) is 3.04. The first-order valence-electron chi connectivity index (χ1n) is 5.51. The van der Waals surface area contributed by atoms with Crippen molar-refractivity contribution in [3.05, 3.63) is 17.5 Å². The molecule has 84 valence electrons. The van der Waals surface area contributed by atoms with Crippen LogP contribution in [0, 0.1) is 5.92 Å². The van der Waals surface area contributed by atoms with Gasteiger partial charge in [-0.2, -0.15) is 5.10 Å². The maximum Gasteiger partial charge on any atom is 0.101 e. The standard InChI is InChI=1S/C11H18N2O2/c1-3-9-6-10(13(2)12-9)11(14)8-4-5-15-7-8/h6,8,11,14H,3-5,7H2,1-2H3. The lowest BCUT2D eigenvalue weighted by atomic mass is 9.99. The van der Waals surface area contributed by atoms with Crippen LogP contribution in [0.3, 0.4) is 0 Å². The van der Waals surface area contributed by atoms with E-state index in [0.29, 0.717) is 6.61 Å². The summed E-state index contributed by atoms with van der Waals surface area (Å²) in [6.45, 7) is 3.49. The van der Waals surface area contributed by atoms with Crippen LogP contribution in [0.15, 0.2) is 6.07 Å². The summed E-state index contributed by atoms with van der Waals surface area (Å²) in [4.78, 5) is 0. The molecule has 2 heterocycles. The minimum Gasteiger partial charge on any atom is -0.386 e. The number of aliphatic hydroxyl groups excluding tert-OH is 1. The number of aryl methyl sites for hydroxylation is 2. The molecule has 1 aliphatic rings. The van der Waals surface area contributed by atoms with E-state index in [-0.39, 0.29) is 5.92 Å². The summed E-state index contributed by atoms with van der Waals surface area (Å²) >= 11 is 0. The van der Waals surface area contributed by atoms with E-state index in [0.717, 1.165) is 30.8 Å². The monoisotopic (exact) mass is 210 g/mol. The minimum absolute atomic E-state index is 0.227. The second kappa shape index (κ2) is 4.33. The van der Waals surface area contributed by atoms with E-state index in [1.807, 2.05) is 13.1 Å². The molecule has 0 radical (unpaired) electrons. The number of ether oxygens (including phenoxy) is 1. The first-order valence-corrected chi connectivity index (χ1v) is 5.51. The van der Waals surface area contributed by atoms with Gasteiger partial charge in [0.15, 0.2) is 0 Å². The summed E-state index contributed by atoms with van der Waals surface area (Å²) in [7, 11) is 1.88. The second-order valence-electron chi connectivity index (χ2n) is 4.11. The van der Waals surface area contributed by atoms with Crippen LogP contribution in [0.5, 0.6) is 0 Å². The average molecular weight is 210 g/mol. The molecule has 1 aromatic heterocycles. The van der Waals surface area contributed by atoms with Gasteiger partial charge in [-0.25, -0.2) is 0 Å². The van der Waals surface area contributed by atoms with Crippen molar-refractivity contribution in [2.45, 2.75) is 25.9 Å². The van der Waals surface area contributed by atoms with E-state index in [9.17, 15) is 5.11 Å². The van der Waals surface area contributed by atoms with Crippen molar-refractivity contribution < 1.29 is 9.84 Å². The quantitative estimate of drug-likeness (QED) is 0.811. The number of rotatable bonds is 3. The van der Waals surface area contributed by atoms with Gasteiger partial charge < -0.3 is 9.84 Å². The first-order chi connectivity index (χ1) is 7.22. The summed E-state index contributed by atoms with van der Waals surface area (Å²) in [6.07, 6.45) is 1.40. The van der Waals surface area contributed by atoms with Gasteiger partial charge in [0.25, 0.3) is 0 Å². The van der Waals surface area contributed by atoms with Gasteiger partial charge in [-0.3, -0.25) is 4.68 Å². The second-order valence-corrected chi connectivity index (χ2v) is 4.11. The summed E-state index contributed by atoms with van der Waals surface area (Å²) in [5.41, 5.74) is 1.94. The van der Waals surface area contributed by atoms with Crippen molar-refractivity contribution in [2.75, 3.05) is 13.2 Å². The van der Waals surface area contributed by atoms with E-state index in [1.54, 1.807) is 4.68 Å². The van der Waals surface area contributed by atoms with Gasteiger partial charge in [0.1, 0.15) is 6.10 Å². The van der Waals surface area contributed by atoms with Crippen LogP contribution in [0.4, 0.5) is 0 Å². The molecule has 1 aromatic rings. The number of hydrogen-bond donors (Lipinski definition) is 1. The van der Waals surface area contributed by atoms with Gasteiger partial charge in [0, 0.05) is 19.6 Å². The Kier molecular flexibility index (Phi) is 3.07. The van der Waals surface area contributed by atoms with E-state index in [4.69, 9.17) is 4.74 Å². The average Bonchev–Trinajstić information content (AvgIpc) is 2.85. The summed E-state index contributed by atoms with van der Waals surface area (Å²) < 4.78 is 7.06. The molecule has 1 saturated heterocycles. The summed E-state index contributed by atoms with van der Waals surface area (Å²) in [5, 5.41) is 14.5. The third kappa shape index (κ3) is 2.06. The van der Waals surface area contributed by atoms with E-state index in [1.165, 1.54) is 0 Å². The molecule has 4 heteroatoms. The molecule has 1 N–H and O–H groups in total. The molecular weight excluding hydrogens is 192 g/mol. The Balaban J connectivity index is 2.16. The molecule has 0 bridgehead atoms. The Labute approximate surface area is 89.9 Å². The van der Waals surface area contributed by atoms with Crippen LogP contribution in [0.25, 0.3) is 0 Å². The Hall–Kier alpha value is -0.870. The molecule has 4 nitrogen and oxygen atoms in total. The van der Waals surface area contributed by atoms with Crippen LogP contribution in [0.2, 0.25) is 0 Å². The largest absolute Gasteiger partial charge is 0.386 e. The highest BCUT2D eigenvalue weighted by molar-refractivity contribution is 5.13. The molecule has 0 amide bonds. The molecular formula is C11H18N2O2. The van der Waals surface area contributed by atoms with E-state index < -0.39 is 6.10 Å². The molecule has 1 aliphatic heterocycles. The molecule has 2 unspecified atom stereocenters. The Morgan fingerprint density at radius 1 is 1.73 bits per heavy atom. The van der Waals surface area contributed by atoms with Crippen molar-refractivity contribution >= 4 is 0 Å². The topological polar surface area (TPSA) is 47.3 Å². The molecule has 0 saturated carbocycles. The van der Waals surface area contributed by atoms with Gasteiger partial charge in [0.05, 0.1) is 18.0 Å². The van der Waals surface area contributed by atoms with E-state index in [2.05, 4.69) is 12.0 Å². The van der Waals surface area contributed by atoms with Crippen LogP contribution < -0.4 is 0 Å². The van der Waals surface area contributed by atoms with E-state index >= 15 is 0 Å². The minimum atomic E-state index is -0.440. The number of aromatic nitrogens is 2. The maximum absolute atomic E-state index is 10.2. The fraction of sp³-hybridized carbons (Fsp3) is 0.727. The van der Waals surface area contributed by atoms with Crippen molar-refractivity contribution in [3.8, 4) is 0 Å². The van der Waals surface area contributed by atoms with Crippen molar-refractivity contribution in [1.82, 2.24) is 9.78 Å². The third-order valence-electron chi connectivity index (χ3n) is 3.04. The molecule has 0 aliphatic carbocycles. The Bertz CT molecular complexity index is 329. The zero-order chi connectivity index (χ0) is 10.8. The SMILES string of the molecule is CCc1cc(C(O)C2CCOC2)n(C)n1. The molecule has 1 fully saturated rings. The summed E-state index contributed by atoms with van der Waals surface area (Å²) in [5.74, 6) is 0.227. The highest BCUT2D eigenvalue weighted by atomic mass is 16.5. The van der Waals surface area contributed by atoms with Gasteiger partial charge in [-0.05, 0) is 18.9 Å². The van der Waals surface area contributed by atoms with Gasteiger partial charge in [-0.1, -0.05) is 6.92 Å². The maximum atomic E-state index is 10.2. The van der Waals surface area contributed by atoms with Gasteiger partial charge >= 0.3 is 0 Å². The smallest absolute Gasteiger partial charge is 0.101 e.